The molecule has 19 heavy (non-hydrogen) atoms. The number of fused-ring (bicyclic) bond motifs is 1. The maximum Gasteiger partial charge on any atom is 0.254 e. The fraction of sp³-hybridized carbons (Fsp3) is 0.286. The second-order valence-corrected chi connectivity index (χ2v) is 4.10. The molecule has 0 aliphatic rings. The summed E-state index contributed by atoms with van der Waals surface area (Å²) >= 11 is 0. The minimum Gasteiger partial charge on any atom is -0.476 e. The number of ether oxygens (including phenoxy) is 1. The Kier molecular flexibility index (Phi) is 4.30. The molecule has 1 aromatic carbocycles. The van der Waals surface area contributed by atoms with Gasteiger partial charge in [0.25, 0.3) is 5.91 Å². The quantitative estimate of drug-likeness (QED) is 0.767. The molecule has 0 radical (unpaired) electrons. The van der Waals surface area contributed by atoms with Crippen LogP contribution in [-0.2, 0) is 0 Å². The fourth-order valence-corrected chi connectivity index (χ4v) is 1.78. The highest BCUT2D eigenvalue weighted by Gasteiger charge is 2.12. The second kappa shape index (κ2) is 6.15. The van der Waals surface area contributed by atoms with Crippen molar-refractivity contribution in [2.75, 3.05) is 19.7 Å². The van der Waals surface area contributed by atoms with E-state index in [9.17, 15) is 4.79 Å². The Bertz CT molecular complexity index is 584. The monoisotopic (exact) mass is 259 g/mol. The molecular weight excluding hydrogens is 242 g/mol. The van der Waals surface area contributed by atoms with Crippen molar-refractivity contribution in [1.29, 1.82) is 0 Å². The zero-order valence-corrected chi connectivity index (χ0v) is 10.8. The van der Waals surface area contributed by atoms with Crippen LogP contribution in [0, 0.1) is 0 Å². The van der Waals surface area contributed by atoms with Crippen molar-refractivity contribution in [3.05, 3.63) is 35.9 Å². The molecule has 3 N–H and O–H groups in total. The average molecular weight is 259 g/mol. The minimum absolute atomic E-state index is 0.295. The number of nitrogens with zero attached hydrogens (tertiary/aromatic N) is 1. The van der Waals surface area contributed by atoms with Crippen LogP contribution in [0.1, 0.15) is 17.3 Å². The van der Waals surface area contributed by atoms with Crippen LogP contribution in [0.15, 0.2) is 30.3 Å². The van der Waals surface area contributed by atoms with E-state index in [1.807, 2.05) is 31.2 Å². The van der Waals surface area contributed by atoms with Crippen LogP contribution in [0.3, 0.4) is 0 Å². The first kappa shape index (κ1) is 13.3. The zero-order valence-electron chi connectivity index (χ0n) is 10.8. The molecule has 0 atom stereocenters. The van der Waals surface area contributed by atoms with Crippen molar-refractivity contribution in [3.8, 4) is 5.88 Å². The molecule has 0 spiro atoms. The number of hydrogen-bond acceptors (Lipinski definition) is 4. The number of nitrogens with two attached hydrogens (primary N) is 1. The third-order valence-corrected chi connectivity index (χ3v) is 2.72. The summed E-state index contributed by atoms with van der Waals surface area (Å²) in [6, 6.07) is 9.25. The number of pyridine rings is 1. The molecule has 1 aromatic heterocycles. The lowest BCUT2D eigenvalue weighted by Crippen LogP contribution is -2.22. The molecule has 0 aliphatic carbocycles. The van der Waals surface area contributed by atoms with Gasteiger partial charge in [-0.05, 0) is 18.7 Å². The molecule has 2 aromatic rings. The smallest absolute Gasteiger partial charge is 0.254 e. The third-order valence-electron chi connectivity index (χ3n) is 2.72. The molecule has 0 saturated heterocycles. The topological polar surface area (TPSA) is 77.2 Å². The number of likely N-dealkylation sites (N-methyl/N-ethyl adjacent to an activating group) is 1. The van der Waals surface area contributed by atoms with Crippen molar-refractivity contribution < 1.29 is 9.53 Å². The first-order valence-electron chi connectivity index (χ1n) is 6.25. The number of primary amides is 1. The van der Waals surface area contributed by atoms with Crippen molar-refractivity contribution in [2.24, 2.45) is 5.73 Å². The van der Waals surface area contributed by atoms with E-state index in [0.717, 1.165) is 17.4 Å². The summed E-state index contributed by atoms with van der Waals surface area (Å²) in [7, 11) is 0. The van der Waals surface area contributed by atoms with E-state index in [0.29, 0.717) is 24.6 Å². The summed E-state index contributed by atoms with van der Waals surface area (Å²) in [4.78, 5) is 15.8. The minimum atomic E-state index is -0.531. The van der Waals surface area contributed by atoms with Crippen molar-refractivity contribution >= 4 is 16.8 Å². The SMILES string of the molecule is CCNCCOc1nc2ccccc2cc1C(N)=O. The Labute approximate surface area is 111 Å². The molecule has 5 nitrogen and oxygen atoms in total. The van der Waals surface area contributed by atoms with E-state index in [2.05, 4.69) is 10.3 Å². The molecule has 0 unspecified atom stereocenters. The molecule has 0 aliphatic heterocycles. The normalized spacial score (nSPS) is 10.6. The van der Waals surface area contributed by atoms with Crippen LogP contribution in [0.2, 0.25) is 0 Å². The summed E-state index contributed by atoms with van der Waals surface area (Å²) < 4.78 is 5.53. The Hall–Kier alpha value is -2.14. The van der Waals surface area contributed by atoms with Crippen LogP contribution in [0.25, 0.3) is 10.9 Å². The molecule has 5 heteroatoms. The number of carbonyl (C=O) groups is 1. The average Bonchev–Trinajstić information content (AvgIpc) is 2.42. The van der Waals surface area contributed by atoms with Gasteiger partial charge in [0.1, 0.15) is 12.2 Å². The zero-order chi connectivity index (χ0) is 13.7. The van der Waals surface area contributed by atoms with Crippen molar-refractivity contribution in [2.45, 2.75) is 6.92 Å². The maximum absolute atomic E-state index is 11.4. The number of aromatic nitrogens is 1. The molecule has 2 rings (SSSR count). The molecule has 0 fully saturated rings. The number of hydrogen-bond donors (Lipinski definition) is 2. The summed E-state index contributed by atoms with van der Waals surface area (Å²) in [6.07, 6.45) is 0. The van der Waals surface area contributed by atoms with Gasteiger partial charge in [0.15, 0.2) is 0 Å². The van der Waals surface area contributed by atoms with Crippen LogP contribution in [0.4, 0.5) is 0 Å². The highest BCUT2D eigenvalue weighted by atomic mass is 16.5. The second-order valence-electron chi connectivity index (χ2n) is 4.10. The number of para-hydroxylation sites is 1. The van der Waals surface area contributed by atoms with Crippen molar-refractivity contribution in [1.82, 2.24) is 10.3 Å². The van der Waals surface area contributed by atoms with Gasteiger partial charge in [-0.25, -0.2) is 4.98 Å². The highest BCUT2D eigenvalue weighted by molar-refractivity contribution is 5.98. The number of carbonyl (C=O) groups excluding carboxylic acids is 1. The lowest BCUT2D eigenvalue weighted by molar-refractivity contribution is 0.0995. The van der Waals surface area contributed by atoms with E-state index < -0.39 is 5.91 Å². The van der Waals surface area contributed by atoms with Crippen LogP contribution in [0.5, 0.6) is 5.88 Å². The Morgan fingerprint density at radius 2 is 2.21 bits per heavy atom. The van der Waals surface area contributed by atoms with Crippen molar-refractivity contribution in [3.63, 3.8) is 0 Å². The molecule has 1 heterocycles. The fourth-order valence-electron chi connectivity index (χ4n) is 1.78. The van der Waals surface area contributed by atoms with Gasteiger partial charge in [0.2, 0.25) is 5.88 Å². The number of amides is 1. The van der Waals surface area contributed by atoms with E-state index in [1.165, 1.54) is 0 Å². The number of rotatable bonds is 6. The summed E-state index contributed by atoms with van der Waals surface area (Å²) in [5.41, 5.74) is 6.46. The number of benzene rings is 1. The van der Waals surface area contributed by atoms with Crippen LogP contribution in [-0.4, -0.2) is 30.6 Å². The molecule has 1 amide bonds. The standard InChI is InChI=1S/C14H17N3O2/c1-2-16-7-8-19-14-11(13(15)18)9-10-5-3-4-6-12(10)17-14/h3-6,9,16H,2,7-8H2,1H3,(H2,15,18). The highest BCUT2D eigenvalue weighted by Crippen LogP contribution is 2.21. The van der Waals surface area contributed by atoms with Crippen LogP contribution < -0.4 is 15.8 Å². The lowest BCUT2D eigenvalue weighted by Gasteiger charge is -2.10. The predicted octanol–water partition coefficient (Wildman–Crippen LogP) is 1.32. The van der Waals surface area contributed by atoms with E-state index in [4.69, 9.17) is 10.5 Å². The van der Waals surface area contributed by atoms with E-state index >= 15 is 0 Å². The first-order chi connectivity index (χ1) is 9.22. The van der Waals surface area contributed by atoms with Crippen LogP contribution >= 0.6 is 0 Å². The molecule has 100 valence electrons. The lowest BCUT2D eigenvalue weighted by atomic mass is 10.1. The van der Waals surface area contributed by atoms with Gasteiger partial charge in [-0.1, -0.05) is 25.1 Å². The Morgan fingerprint density at radius 1 is 1.42 bits per heavy atom. The van der Waals surface area contributed by atoms with E-state index in [1.54, 1.807) is 6.07 Å². The Balaban J connectivity index is 2.28. The van der Waals surface area contributed by atoms with E-state index in [-0.39, 0.29) is 0 Å². The number of nitrogens with one attached hydrogen (secondary N) is 1. The largest absolute Gasteiger partial charge is 0.476 e. The van der Waals surface area contributed by atoms with Gasteiger partial charge >= 0.3 is 0 Å². The van der Waals surface area contributed by atoms with Gasteiger partial charge in [-0.2, -0.15) is 0 Å². The predicted molar refractivity (Wildman–Crippen MR) is 74.3 cm³/mol. The molecule has 0 saturated carbocycles. The Morgan fingerprint density at radius 3 is 2.95 bits per heavy atom. The summed E-state index contributed by atoms with van der Waals surface area (Å²) in [5.74, 6) is -0.235. The van der Waals surface area contributed by atoms with Gasteiger partial charge in [0, 0.05) is 11.9 Å². The summed E-state index contributed by atoms with van der Waals surface area (Å²) in [6.45, 7) is 4.03. The molecule has 0 bridgehead atoms. The summed E-state index contributed by atoms with van der Waals surface area (Å²) in [5, 5.41) is 4.01. The first-order valence-corrected chi connectivity index (χ1v) is 6.25. The van der Waals surface area contributed by atoms with Gasteiger partial charge in [0.05, 0.1) is 5.52 Å². The third kappa shape index (κ3) is 3.20. The molecular formula is C14H17N3O2. The van der Waals surface area contributed by atoms with Gasteiger partial charge in [-0.15, -0.1) is 0 Å². The van der Waals surface area contributed by atoms with Gasteiger partial charge in [-0.3, -0.25) is 4.79 Å². The maximum atomic E-state index is 11.4. The van der Waals surface area contributed by atoms with Gasteiger partial charge < -0.3 is 15.8 Å².